The van der Waals surface area contributed by atoms with Gasteiger partial charge in [0.25, 0.3) is 0 Å². The van der Waals surface area contributed by atoms with Gasteiger partial charge < -0.3 is 14.2 Å². The Hall–Kier alpha value is -1.00. The average molecular weight is 290 g/mol. The first kappa shape index (κ1) is 16.4. The first-order chi connectivity index (χ1) is 10.1. The van der Waals surface area contributed by atoms with Crippen molar-refractivity contribution in [2.45, 2.75) is 63.9 Å². The van der Waals surface area contributed by atoms with Gasteiger partial charge in [-0.3, -0.25) is 0 Å². The summed E-state index contributed by atoms with van der Waals surface area (Å²) >= 11 is 0. The predicted octanol–water partition coefficient (Wildman–Crippen LogP) is 3.34. The van der Waals surface area contributed by atoms with Gasteiger partial charge in [0.15, 0.2) is 11.6 Å². The molecule has 0 saturated carbocycles. The number of hydrogen-bond acceptors (Lipinski definition) is 3. The number of rotatable bonds is 4. The molecule has 4 unspecified atom stereocenters. The van der Waals surface area contributed by atoms with Crippen molar-refractivity contribution >= 4 is 0 Å². The van der Waals surface area contributed by atoms with Gasteiger partial charge in [-0.1, -0.05) is 11.8 Å². The molecule has 2 rings (SSSR count). The van der Waals surface area contributed by atoms with E-state index in [2.05, 4.69) is 11.8 Å². The lowest BCUT2D eigenvalue weighted by Gasteiger charge is -2.49. The molecule has 0 aromatic carbocycles. The highest BCUT2D eigenvalue weighted by Crippen LogP contribution is 2.43. The minimum atomic E-state index is -0.768. The molecule has 2 saturated heterocycles. The minimum Gasteiger partial charge on any atom is -0.349 e. The number of terminal acetylenes is 2. The van der Waals surface area contributed by atoms with Gasteiger partial charge in [-0.15, -0.1) is 12.8 Å². The lowest BCUT2D eigenvalue weighted by molar-refractivity contribution is -0.394. The van der Waals surface area contributed by atoms with E-state index in [9.17, 15) is 0 Å². The Morgan fingerprint density at radius 1 is 0.857 bits per heavy atom. The van der Waals surface area contributed by atoms with Gasteiger partial charge in [0.05, 0.1) is 25.0 Å². The summed E-state index contributed by atoms with van der Waals surface area (Å²) in [4.78, 5) is 0. The maximum Gasteiger partial charge on any atom is 0.185 e. The van der Waals surface area contributed by atoms with Crippen molar-refractivity contribution in [2.75, 3.05) is 13.2 Å². The van der Waals surface area contributed by atoms with Crippen molar-refractivity contribution in [3.63, 3.8) is 0 Å². The second kappa shape index (κ2) is 6.84. The van der Waals surface area contributed by atoms with Gasteiger partial charge in [0, 0.05) is 12.8 Å². The SMILES string of the molecule is C#CC(C)C1(OC2(C(C)C#C)CCCCO2)CCCCO1. The summed E-state index contributed by atoms with van der Waals surface area (Å²) in [6.07, 6.45) is 17.1. The molecule has 3 heteroatoms. The molecule has 2 fully saturated rings. The van der Waals surface area contributed by atoms with Crippen molar-refractivity contribution in [2.24, 2.45) is 11.8 Å². The summed E-state index contributed by atoms with van der Waals surface area (Å²) in [5, 5.41) is 0. The molecular weight excluding hydrogens is 264 g/mol. The third-order valence-electron chi connectivity index (χ3n) is 4.70. The first-order valence-electron chi connectivity index (χ1n) is 7.99. The zero-order valence-corrected chi connectivity index (χ0v) is 13.2. The van der Waals surface area contributed by atoms with Crippen molar-refractivity contribution in [1.29, 1.82) is 0 Å². The molecular formula is C18H26O3. The Morgan fingerprint density at radius 2 is 1.29 bits per heavy atom. The lowest BCUT2D eigenvalue weighted by atomic mass is 9.89. The van der Waals surface area contributed by atoms with E-state index in [1.807, 2.05) is 13.8 Å². The Kier molecular flexibility index (Phi) is 5.33. The van der Waals surface area contributed by atoms with Crippen molar-refractivity contribution < 1.29 is 14.2 Å². The van der Waals surface area contributed by atoms with Gasteiger partial charge in [-0.2, -0.15) is 0 Å². The molecule has 21 heavy (non-hydrogen) atoms. The quantitative estimate of drug-likeness (QED) is 0.743. The monoisotopic (exact) mass is 290 g/mol. The molecule has 2 aliphatic heterocycles. The molecule has 4 atom stereocenters. The fraction of sp³-hybridized carbons (Fsp3) is 0.778. The van der Waals surface area contributed by atoms with E-state index >= 15 is 0 Å². The fourth-order valence-electron chi connectivity index (χ4n) is 3.15. The van der Waals surface area contributed by atoms with Crippen molar-refractivity contribution in [3.8, 4) is 24.7 Å². The van der Waals surface area contributed by atoms with E-state index in [0.29, 0.717) is 13.2 Å². The number of hydrogen-bond donors (Lipinski definition) is 0. The smallest absolute Gasteiger partial charge is 0.185 e. The minimum absolute atomic E-state index is 0.134. The van der Waals surface area contributed by atoms with Crippen LogP contribution in [0.1, 0.15) is 52.4 Å². The van der Waals surface area contributed by atoms with E-state index in [4.69, 9.17) is 27.1 Å². The van der Waals surface area contributed by atoms with Crippen molar-refractivity contribution in [3.05, 3.63) is 0 Å². The predicted molar refractivity (Wildman–Crippen MR) is 82.1 cm³/mol. The number of ether oxygens (including phenoxy) is 3. The molecule has 3 nitrogen and oxygen atoms in total. The van der Waals surface area contributed by atoms with Crippen LogP contribution in [-0.4, -0.2) is 24.8 Å². The van der Waals surface area contributed by atoms with E-state index < -0.39 is 11.6 Å². The van der Waals surface area contributed by atoms with Crippen LogP contribution in [0.2, 0.25) is 0 Å². The van der Waals surface area contributed by atoms with Crippen LogP contribution in [0.25, 0.3) is 0 Å². The highest BCUT2D eigenvalue weighted by Gasteiger charge is 2.50. The summed E-state index contributed by atoms with van der Waals surface area (Å²) in [5.41, 5.74) is 0. The summed E-state index contributed by atoms with van der Waals surface area (Å²) < 4.78 is 18.5. The molecule has 0 aliphatic carbocycles. The highest BCUT2D eigenvalue weighted by atomic mass is 16.8. The van der Waals surface area contributed by atoms with Crippen LogP contribution in [0.5, 0.6) is 0 Å². The average Bonchev–Trinajstić information content (AvgIpc) is 2.54. The summed E-state index contributed by atoms with van der Waals surface area (Å²) in [7, 11) is 0. The topological polar surface area (TPSA) is 27.7 Å². The maximum atomic E-state index is 6.48. The van der Waals surface area contributed by atoms with Crippen LogP contribution < -0.4 is 0 Å². The second-order valence-corrected chi connectivity index (χ2v) is 6.11. The molecule has 2 aliphatic rings. The van der Waals surface area contributed by atoms with E-state index in [0.717, 1.165) is 38.5 Å². The van der Waals surface area contributed by atoms with Crippen molar-refractivity contribution in [1.82, 2.24) is 0 Å². The molecule has 0 N–H and O–H groups in total. The second-order valence-electron chi connectivity index (χ2n) is 6.11. The molecule has 0 spiro atoms. The van der Waals surface area contributed by atoms with Crippen LogP contribution in [0.15, 0.2) is 0 Å². The van der Waals surface area contributed by atoms with Crippen LogP contribution in [0.4, 0.5) is 0 Å². The van der Waals surface area contributed by atoms with Gasteiger partial charge in [-0.05, 0) is 39.5 Å². The third kappa shape index (κ3) is 3.27. The van der Waals surface area contributed by atoms with Gasteiger partial charge >= 0.3 is 0 Å². The fourth-order valence-corrected chi connectivity index (χ4v) is 3.15. The van der Waals surface area contributed by atoms with Crippen LogP contribution in [-0.2, 0) is 14.2 Å². The Morgan fingerprint density at radius 3 is 1.57 bits per heavy atom. The normalized spacial score (nSPS) is 36.2. The maximum absolute atomic E-state index is 6.48. The van der Waals surface area contributed by atoms with Gasteiger partial charge in [-0.25, -0.2) is 0 Å². The van der Waals surface area contributed by atoms with Crippen LogP contribution >= 0.6 is 0 Å². The molecule has 0 aromatic rings. The zero-order chi connectivity index (χ0) is 15.3. The van der Waals surface area contributed by atoms with E-state index in [-0.39, 0.29) is 11.8 Å². The van der Waals surface area contributed by atoms with Gasteiger partial charge in [0.1, 0.15) is 0 Å². The van der Waals surface area contributed by atoms with E-state index in [1.165, 1.54) is 0 Å². The van der Waals surface area contributed by atoms with Crippen LogP contribution in [0, 0.1) is 36.5 Å². The molecule has 0 aromatic heterocycles. The largest absolute Gasteiger partial charge is 0.349 e. The molecule has 2 heterocycles. The standard InChI is InChI=1S/C18H26O3/c1-5-15(3)17(11-7-9-13-19-17)21-18(16(4)6-2)12-8-10-14-20-18/h1-2,15-16H,7-14H2,3-4H3. The lowest BCUT2D eigenvalue weighted by Crippen LogP contribution is -2.56. The summed E-state index contributed by atoms with van der Waals surface area (Å²) in [5.74, 6) is 3.76. The zero-order valence-electron chi connectivity index (χ0n) is 13.2. The Labute approximate surface area is 128 Å². The first-order valence-corrected chi connectivity index (χ1v) is 7.99. The molecule has 0 bridgehead atoms. The summed E-state index contributed by atoms with van der Waals surface area (Å²) in [6, 6.07) is 0. The van der Waals surface area contributed by atoms with Crippen LogP contribution in [0.3, 0.4) is 0 Å². The third-order valence-corrected chi connectivity index (χ3v) is 4.70. The highest BCUT2D eigenvalue weighted by molar-refractivity contribution is 5.04. The Bertz CT molecular complexity index is 377. The molecule has 0 amide bonds. The molecule has 116 valence electrons. The summed E-state index contributed by atoms with van der Waals surface area (Å²) in [6.45, 7) is 5.30. The van der Waals surface area contributed by atoms with E-state index in [1.54, 1.807) is 0 Å². The van der Waals surface area contributed by atoms with Gasteiger partial charge in [0.2, 0.25) is 0 Å². The molecule has 0 radical (unpaired) electrons. The Balaban J connectivity index is 2.27.